The van der Waals surface area contributed by atoms with E-state index in [1.54, 1.807) is 43.3 Å². The Kier molecular flexibility index (Phi) is 8.89. The highest BCUT2D eigenvalue weighted by molar-refractivity contribution is 6.36. The smallest absolute Gasteiger partial charge is 0.330 e. The van der Waals surface area contributed by atoms with Crippen LogP contribution < -0.4 is 29.9 Å². The van der Waals surface area contributed by atoms with Gasteiger partial charge >= 0.3 is 6.03 Å². The first kappa shape index (κ1) is 30.5. The minimum absolute atomic E-state index is 0.0259. The van der Waals surface area contributed by atoms with Crippen LogP contribution in [0.5, 0.6) is 11.5 Å². The van der Waals surface area contributed by atoms with Crippen LogP contribution in [0, 0.1) is 11.8 Å². The SMILES string of the molecule is C=CC(=O)N[C@H]1CC(C2CCCCC2)CC[C@H]1Nc1ncc2c(n1)N(C)C(=O)N(c1c(Cl)c(OC)cc(OC)c1C1CC1)C2. The number of ether oxygens (including phenoxy) is 2. The second-order valence-electron chi connectivity index (χ2n) is 12.6. The maximum absolute atomic E-state index is 13.9. The van der Waals surface area contributed by atoms with Crippen LogP contribution >= 0.6 is 11.6 Å². The van der Waals surface area contributed by atoms with E-state index in [0.29, 0.717) is 39.9 Å². The van der Waals surface area contributed by atoms with Gasteiger partial charge in [-0.3, -0.25) is 14.6 Å². The summed E-state index contributed by atoms with van der Waals surface area (Å²) in [6, 6.07) is 1.47. The topological polar surface area (TPSA) is 109 Å². The molecule has 3 saturated carbocycles. The Morgan fingerprint density at radius 3 is 2.48 bits per heavy atom. The maximum Gasteiger partial charge on any atom is 0.330 e. The third-order valence-corrected chi connectivity index (χ3v) is 10.3. The molecule has 2 N–H and O–H groups in total. The van der Waals surface area contributed by atoms with E-state index in [4.69, 9.17) is 26.1 Å². The van der Waals surface area contributed by atoms with Crippen LogP contribution in [0.4, 0.5) is 22.2 Å². The van der Waals surface area contributed by atoms with Gasteiger partial charge in [-0.25, -0.2) is 9.78 Å². The highest BCUT2D eigenvalue weighted by Gasteiger charge is 2.40. The molecule has 10 nitrogen and oxygen atoms in total. The van der Waals surface area contributed by atoms with Crippen LogP contribution in [-0.2, 0) is 11.3 Å². The number of carbonyl (C=O) groups is 2. The summed E-state index contributed by atoms with van der Waals surface area (Å²) < 4.78 is 11.3. The molecule has 0 bridgehead atoms. The lowest BCUT2D eigenvalue weighted by Crippen LogP contribution is -2.51. The zero-order chi connectivity index (χ0) is 31.0. The minimum Gasteiger partial charge on any atom is -0.496 e. The van der Waals surface area contributed by atoms with Crippen molar-refractivity contribution >= 4 is 41.0 Å². The highest BCUT2D eigenvalue weighted by atomic mass is 35.5. The number of urea groups is 1. The predicted molar refractivity (Wildman–Crippen MR) is 172 cm³/mol. The van der Waals surface area contributed by atoms with Crippen LogP contribution in [0.15, 0.2) is 24.9 Å². The number of aromatic nitrogens is 2. The van der Waals surface area contributed by atoms with Crippen molar-refractivity contribution in [2.45, 2.75) is 88.8 Å². The summed E-state index contributed by atoms with van der Waals surface area (Å²) in [5.41, 5.74) is 2.35. The maximum atomic E-state index is 13.9. The van der Waals surface area contributed by atoms with Crippen LogP contribution in [0.1, 0.15) is 81.3 Å². The van der Waals surface area contributed by atoms with E-state index in [2.05, 4.69) is 22.2 Å². The van der Waals surface area contributed by atoms with E-state index < -0.39 is 0 Å². The zero-order valence-corrected chi connectivity index (χ0v) is 26.7. The molecular weight excluding hydrogens is 580 g/mol. The van der Waals surface area contributed by atoms with Gasteiger partial charge in [0.1, 0.15) is 22.3 Å². The number of fused-ring (bicyclic) bond motifs is 1. The number of halogens is 1. The molecule has 1 aliphatic heterocycles. The van der Waals surface area contributed by atoms with E-state index in [0.717, 1.165) is 49.1 Å². The Balaban J connectivity index is 1.25. The van der Waals surface area contributed by atoms with Gasteiger partial charge in [-0.2, -0.15) is 4.98 Å². The van der Waals surface area contributed by atoms with E-state index in [-0.39, 0.29) is 36.5 Å². The van der Waals surface area contributed by atoms with Gasteiger partial charge in [0.25, 0.3) is 0 Å². The second-order valence-corrected chi connectivity index (χ2v) is 13.0. The number of nitrogens with one attached hydrogen (secondary N) is 2. The quantitative estimate of drug-likeness (QED) is 0.310. The first-order valence-electron chi connectivity index (χ1n) is 15.9. The number of carbonyl (C=O) groups excluding carboxylic acids is 2. The van der Waals surface area contributed by atoms with Crippen molar-refractivity contribution in [3.63, 3.8) is 0 Å². The van der Waals surface area contributed by atoms with Crippen molar-refractivity contribution in [3.8, 4) is 11.5 Å². The average molecular weight is 623 g/mol. The monoisotopic (exact) mass is 622 g/mol. The van der Waals surface area contributed by atoms with Crippen LogP contribution in [0.3, 0.4) is 0 Å². The number of anilines is 3. The molecule has 11 heteroatoms. The largest absolute Gasteiger partial charge is 0.496 e. The van der Waals surface area contributed by atoms with Crippen molar-refractivity contribution in [3.05, 3.63) is 41.1 Å². The molecule has 2 heterocycles. The molecule has 1 unspecified atom stereocenters. The first-order chi connectivity index (χ1) is 21.3. The molecular formula is C33H43ClN6O4. The van der Waals surface area contributed by atoms with Crippen molar-refractivity contribution in [2.75, 3.05) is 36.4 Å². The summed E-state index contributed by atoms with van der Waals surface area (Å²) in [4.78, 5) is 39.0. The fraction of sp³-hybridized carbons (Fsp3) is 0.576. The number of hydrogen-bond donors (Lipinski definition) is 2. The average Bonchev–Trinajstić information content (AvgIpc) is 3.89. The van der Waals surface area contributed by atoms with Gasteiger partial charge < -0.3 is 20.1 Å². The molecule has 3 amide bonds. The normalized spacial score (nSPS) is 24.0. The van der Waals surface area contributed by atoms with Crippen LogP contribution in [-0.4, -0.2) is 55.3 Å². The lowest BCUT2D eigenvalue weighted by atomic mass is 9.71. The van der Waals surface area contributed by atoms with E-state index >= 15 is 0 Å². The first-order valence-corrected chi connectivity index (χ1v) is 16.3. The number of rotatable bonds is 9. The molecule has 3 aliphatic carbocycles. The molecule has 6 rings (SSSR count). The van der Waals surface area contributed by atoms with Gasteiger partial charge in [0.15, 0.2) is 0 Å². The molecule has 2 aromatic rings. The molecule has 4 aliphatic rings. The fourth-order valence-corrected chi connectivity index (χ4v) is 7.83. The predicted octanol–water partition coefficient (Wildman–Crippen LogP) is 6.43. The van der Waals surface area contributed by atoms with E-state index in [1.165, 1.54) is 38.2 Å². The van der Waals surface area contributed by atoms with Crippen molar-refractivity contribution < 1.29 is 19.1 Å². The molecule has 3 fully saturated rings. The summed E-state index contributed by atoms with van der Waals surface area (Å²) in [5, 5.41) is 7.07. The van der Waals surface area contributed by atoms with Gasteiger partial charge in [0.05, 0.1) is 26.5 Å². The Morgan fingerprint density at radius 1 is 1.05 bits per heavy atom. The molecule has 0 saturated heterocycles. The fourth-order valence-electron chi connectivity index (χ4n) is 7.49. The number of amides is 3. The van der Waals surface area contributed by atoms with Crippen LogP contribution in [0.25, 0.3) is 0 Å². The van der Waals surface area contributed by atoms with Gasteiger partial charge in [0, 0.05) is 42.5 Å². The number of methoxy groups -OCH3 is 2. The van der Waals surface area contributed by atoms with Crippen molar-refractivity contribution in [1.29, 1.82) is 0 Å². The van der Waals surface area contributed by atoms with Crippen molar-refractivity contribution in [1.82, 2.24) is 15.3 Å². The van der Waals surface area contributed by atoms with Gasteiger partial charge in [0.2, 0.25) is 11.9 Å². The molecule has 0 spiro atoms. The summed E-state index contributed by atoms with van der Waals surface area (Å²) in [6.45, 7) is 3.92. The van der Waals surface area contributed by atoms with Gasteiger partial charge in [-0.05, 0) is 55.9 Å². The summed E-state index contributed by atoms with van der Waals surface area (Å²) in [7, 11) is 4.89. The lowest BCUT2D eigenvalue weighted by molar-refractivity contribution is -0.117. The minimum atomic E-state index is -0.245. The van der Waals surface area contributed by atoms with Gasteiger partial charge in [-0.1, -0.05) is 50.3 Å². The molecule has 1 aromatic heterocycles. The molecule has 44 heavy (non-hydrogen) atoms. The number of nitrogens with zero attached hydrogens (tertiary/aromatic N) is 4. The Morgan fingerprint density at radius 2 is 1.80 bits per heavy atom. The molecule has 3 atom stereocenters. The van der Waals surface area contributed by atoms with E-state index in [9.17, 15) is 9.59 Å². The Labute approximate surface area is 264 Å². The molecule has 1 aromatic carbocycles. The summed E-state index contributed by atoms with van der Waals surface area (Å²) in [5.74, 6) is 3.54. The molecule has 236 valence electrons. The zero-order valence-electron chi connectivity index (χ0n) is 25.9. The second kappa shape index (κ2) is 12.8. The third-order valence-electron chi connectivity index (χ3n) is 9.94. The number of benzene rings is 1. The highest BCUT2D eigenvalue weighted by Crippen LogP contribution is 2.54. The third kappa shape index (κ3) is 5.93. The Bertz CT molecular complexity index is 1430. The van der Waals surface area contributed by atoms with Crippen molar-refractivity contribution in [2.24, 2.45) is 11.8 Å². The van der Waals surface area contributed by atoms with E-state index in [1.807, 2.05) is 0 Å². The Hall–Kier alpha value is -3.53. The van der Waals surface area contributed by atoms with Crippen LogP contribution in [0.2, 0.25) is 5.02 Å². The number of hydrogen-bond acceptors (Lipinski definition) is 7. The summed E-state index contributed by atoms with van der Waals surface area (Å²) in [6.07, 6.45) is 14.6. The summed E-state index contributed by atoms with van der Waals surface area (Å²) >= 11 is 6.87. The standard InChI is InChI=1S/C33H43ClN6O4/c1-5-27(41)36-24-15-21(19-9-7-6-8-10-19)13-14-23(24)37-32-35-17-22-18-40(33(42)39(2)31(22)38-32)30-28(20-11-12-20)25(43-3)16-26(44-4)29(30)34/h5,16-17,19-21,23-24H,1,6-15,18H2,2-4H3,(H,36,41)(H,35,37,38)/t21?,23-,24+/m1/s1. The molecule has 0 radical (unpaired) electrons. The van der Waals surface area contributed by atoms with Gasteiger partial charge in [-0.15, -0.1) is 0 Å². The lowest BCUT2D eigenvalue weighted by Gasteiger charge is -2.41.